The molecule has 0 spiro atoms. The molecule has 7 heteroatoms. The van der Waals surface area contributed by atoms with Crippen molar-refractivity contribution in [2.24, 2.45) is 0 Å². The summed E-state index contributed by atoms with van der Waals surface area (Å²) in [5, 5.41) is 16.4. The van der Waals surface area contributed by atoms with Gasteiger partial charge in [-0.05, 0) is 25.1 Å². The molecule has 21 heavy (non-hydrogen) atoms. The maximum absolute atomic E-state index is 12.1. The first kappa shape index (κ1) is 14.4. The van der Waals surface area contributed by atoms with Gasteiger partial charge in [-0.1, -0.05) is 6.07 Å². The highest BCUT2D eigenvalue weighted by Gasteiger charge is 2.15. The minimum atomic E-state index is -0.481. The van der Waals surface area contributed by atoms with E-state index in [1.165, 1.54) is 18.3 Å². The summed E-state index contributed by atoms with van der Waals surface area (Å²) in [4.78, 5) is 26.5. The number of amides is 1. The van der Waals surface area contributed by atoms with E-state index in [0.29, 0.717) is 11.3 Å². The van der Waals surface area contributed by atoms with Crippen molar-refractivity contribution < 1.29 is 9.72 Å². The van der Waals surface area contributed by atoms with Crippen LogP contribution in [0.25, 0.3) is 0 Å². The molecule has 0 aliphatic rings. The van der Waals surface area contributed by atoms with Crippen LogP contribution in [0.5, 0.6) is 0 Å². The van der Waals surface area contributed by atoms with Crippen LogP contribution < -0.4 is 10.6 Å². The van der Waals surface area contributed by atoms with Crippen molar-refractivity contribution in [3.8, 4) is 0 Å². The Morgan fingerprint density at radius 2 is 2.05 bits per heavy atom. The van der Waals surface area contributed by atoms with Gasteiger partial charge in [-0.25, -0.2) is 4.98 Å². The lowest BCUT2D eigenvalue weighted by Gasteiger charge is -2.08. The second kappa shape index (κ2) is 6.00. The fourth-order valence-corrected chi connectivity index (χ4v) is 1.82. The zero-order valence-electron chi connectivity index (χ0n) is 11.6. The lowest BCUT2D eigenvalue weighted by Crippen LogP contribution is -2.14. The van der Waals surface area contributed by atoms with Crippen LogP contribution in [0.1, 0.15) is 16.1 Å². The standard InChI is InChI=1S/C14H14N4O3/c1-9-11(4-3-5-13(9)18(20)21)17-14(19)12-7-6-10(15-2)8-16-12/h3-8,15H,1-2H3,(H,17,19). The zero-order chi connectivity index (χ0) is 15.4. The van der Waals surface area contributed by atoms with Crippen LogP contribution in [-0.2, 0) is 0 Å². The third kappa shape index (κ3) is 3.14. The Balaban J connectivity index is 2.23. The number of carbonyl (C=O) groups is 1. The summed E-state index contributed by atoms with van der Waals surface area (Å²) in [7, 11) is 1.75. The van der Waals surface area contributed by atoms with E-state index >= 15 is 0 Å². The Bertz CT molecular complexity index is 683. The Morgan fingerprint density at radius 3 is 2.62 bits per heavy atom. The number of nitro groups is 1. The predicted molar refractivity (Wildman–Crippen MR) is 79.6 cm³/mol. The van der Waals surface area contributed by atoms with Gasteiger partial charge in [0.05, 0.1) is 28.1 Å². The highest BCUT2D eigenvalue weighted by Crippen LogP contribution is 2.25. The van der Waals surface area contributed by atoms with Crippen molar-refractivity contribution >= 4 is 23.0 Å². The number of pyridine rings is 1. The molecule has 7 nitrogen and oxygen atoms in total. The molecular formula is C14H14N4O3. The van der Waals surface area contributed by atoms with Crippen molar-refractivity contribution in [3.63, 3.8) is 0 Å². The molecule has 0 unspecified atom stereocenters. The number of nitrogens with zero attached hydrogens (tertiary/aromatic N) is 2. The third-order valence-corrected chi connectivity index (χ3v) is 3.03. The normalized spacial score (nSPS) is 10.0. The van der Waals surface area contributed by atoms with Crippen LogP contribution in [0.2, 0.25) is 0 Å². The smallest absolute Gasteiger partial charge is 0.274 e. The highest BCUT2D eigenvalue weighted by atomic mass is 16.6. The van der Waals surface area contributed by atoms with Crippen molar-refractivity contribution in [3.05, 3.63) is 57.9 Å². The molecule has 0 fully saturated rings. The predicted octanol–water partition coefficient (Wildman–Crippen LogP) is 2.59. The van der Waals surface area contributed by atoms with E-state index in [4.69, 9.17) is 0 Å². The summed E-state index contributed by atoms with van der Waals surface area (Å²) in [6.07, 6.45) is 1.54. The molecule has 0 aliphatic carbocycles. The fraction of sp³-hybridized carbons (Fsp3) is 0.143. The number of carbonyl (C=O) groups excluding carboxylic acids is 1. The minimum absolute atomic E-state index is 0.0358. The van der Waals surface area contributed by atoms with Crippen LogP contribution in [0.15, 0.2) is 36.5 Å². The van der Waals surface area contributed by atoms with Gasteiger partial charge < -0.3 is 10.6 Å². The van der Waals surface area contributed by atoms with E-state index in [0.717, 1.165) is 5.69 Å². The van der Waals surface area contributed by atoms with Crippen LogP contribution in [-0.4, -0.2) is 22.9 Å². The molecule has 0 aliphatic heterocycles. The summed E-state index contributed by atoms with van der Waals surface area (Å²) in [5.41, 5.74) is 1.79. The van der Waals surface area contributed by atoms with E-state index in [-0.39, 0.29) is 11.4 Å². The van der Waals surface area contributed by atoms with Crippen molar-refractivity contribution in [2.75, 3.05) is 17.7 Å². The van der Waals surface area contributed by atoms with Gasteiger partial charge in [0.15, 0.2) is 0 Å². The number of hydrogen-bond acceptors (Lipinski definition) is 5. The number of nitrogens with one attached hydrogen (secondary N) is 2. The van der Waals surface area contributed by atoms with Crippen LogP contribution >= 0.6 is 0 Å². The first-order valence-electron chi connectivity index (χ1n) is 6.22. The molecule has 108 valence electrons. The topological polar surface area (TPSA) is 97.2 Å². The summed E-state index contributed by atoms with van der Waals surface area (Å²) in [5.74, 6) is -0.416. The molecule has 0 bridgehead atoms. The van der Waals surface area contributed by atoms with E-state index in [1.54, 1.807) is 32.2 Å². The molecule has 0 atom stereocenters. The van der Waals surface area contributed by atoms with E-state index < -0.39 is 10.8 Å². The SMILES string of the molecule is CNc1ccc(C(=O)Nc2cccc([N+](=O)[O-])c2C)nc1. The Morgan fingerprint density at radius 1 is 1.29 bits per heavy atom. The maximum atomic E-state index is 12.1. The van der Waals surface area contributed by atoms with E-state index in [1.807, 2.05) is 0 Å². The Hall–Kier alpha value is -2.96. The van der Waals surface area contributed by atoms with Gasteiger partial charge in [-0.15, -0.1) is 0 Å². The molecule has 1 aromatic heterocycles. The van der Waals surface area contributed by atoms with Gasteiger partial charge in [0.25, 0.3) is 11.6 Å². The van der Waals surface area contributed by atoms with Gasteiger partial charge in [0.1, 0.15) is 5.69 Å². The van der Waals surface area contributed by atoms with Crippen molar-refractivity contribution in [1.82, 2.24) is 4.98 Å². The molecule has 1 heterocycles. The largest absolute Gasteiger partial charge is 0.387 e. The molecule has 2 rings (SSSR count). The lowest BCUT2D eigenvalue weighted by atomic mass is 10.1. The molecule has 1 amide bonds. The average molecular weight is 286 g/mol. The summed E-state index contributed by atoms with van der Waals surface area (Å²) in [6, 6.07) is 7.83. The quantitative estimate of drug-likeness (QED) is 0.665. The van der Waals surface area contributed by atoms with Gasteiger partial charge in [-0.2, -0.15) is 0 Å². The highest BCUT2D eigenvalue weighted by molar-refractivity contribution is 6.03. The first-order valence-corrected chi connectivity index (χ1v) is 6.22. The molecule has 1 aromatic carbocycles. The summed E-state index contributed by atoms with van der Waals surface area (Å²) in [6.45, 7) is 1.59. The molecule has 0 saturated heterocycles. The Kier molecular flexibility index (Phi) is 4.13. The van der Waals surface area contributed by atoms with Gasteiger partial charge in [0.2, 0.25) is 0 Å². The zero-order valence-corrected chi connectivity index (χ0v) is 11.6. The second-order valence-corrected chi connectivity index (χ2v) is 4.34. The molecule has 0 saturated carbocycles. The number of benzene rings is 1. The van der Waals surface area contributed by atoms with Crippen LogP contribution in [0.4, 0.5) is 17.1 Å². The molecule has 2 N–H and O–H groups in total. The fourth-order valence-electron chi connectivity index (χ4n) is 1.82. The molecule has 2 aromatic rings. The number of aromatic nitrogens is 1. The number of rotatable bonds is 4. The minimum Gasteiger partial charge on any atom is -0.387 e. The van der Waals surface area contributed by atoms with E-state index in [9.17, 15) is 14.9 Å². The first-order chi connectivity index (χ1) is 10.0. The number of nitro benzene ring substituents is 1. The molecule has 0 radical (unpaired) electrons. The summed E-state index contributed by atoms with van der Waals surface area (Å²) < 4.78 is 0. The van der Waals surface area contributed by atoms with Crippen molar-refractivity contribution in [1.29, 1.82) is 0 Å². The van der Waals surface area contributed by atoms with Gasteiger partial charge in [0, 0.05) is 13.1 Å². The van der Waals surface area contributed by atoms with Gasteiger partial charge in [-0.3, -0.25) is 14.9 Å². The lowest BCUT2D eigenvalue weighted by molar-refractivity contribution is -0.385. The van der Waals surface area contributed by atoms with Crippen molar-refractivity contribution in [2.45, 2.75) is 6.92 Å². The molecular weight excluding hydrogens is 272 g/mol. The average Bonchev–Trinajstić information content (AvgIpc) is 2.49. The monoisotopic (exact) mass is 286 g/mol. The second-order valence-electron chi connectivity index (χ2n) is 4.34. The van der Waals surface area contributed by atoms with Gasteiger partial charge >= 0.3 is 0 Å². The summed E-state index contributed by atoms with van der Waals surface area (Å²) >= 11 is 0. The van der Waals surface area contributed by atoms with Crippen LogP contribution in [0, 0.1) is 17.0 Å². The third-order valence-electron chi connectivity index (χ3n) is 3.03. The maximum Gasteiger partial charge on any atom is 0.274 e. The Labute approximate surface area is 121 Å². The number of hydrogen-bond donors (Lipinski definition) is 2. The number of anilines is 2. The van der Waals surface area contributed by atoms with Crippen LogP contribution in [0.3, 0.4) is 0 Å². The van der Waals surface area contributed by atoms with E-state index in [2.05, 4.69) is 15.6 Å².